The highest BCUT2D eigenvalue weighted by molar-refractivity contribution is 5.93. The number of hydrogen-bond acceptors (Lipinski definition) is 6. The van der Waals surface area contributed by atoms with E-state index in [2.05, 4.69) is 30.6 Å². The van der Waals surface area contributed by atoms with E-state index in [-0.39, 0.29) is 5.91 Å². The summed E-state index contributed by atoms with van der Waals surface area (Å²) in [5.41, 5.74) is 2.42. The second kappa shape index (κ2) is 7.77. The van der Waals surface area contributed by atoms with Crippen LogP contribution in [0.5, 0.6) is 0 Å². The second-order valence-electron chi connectivity index (χ2n) is 5.05. The van der Waals surface area contributed by atoms with Crippen LogP contribution in [0.1, 0.15) is 21.5 Å². The maximum atomic E-state index is 12.1. The molecule has 3 heterocycles. The molecule has 0 bridgehead atoms. The lowest BCUT2D eigenvalue weighted by Crippen LogP contribution is -2.23. The molecule has 0 atom stereocenters. The lowest BCUT2D eigenvalue weighted by Gasteiger charge is -2.06. The summed E-state index contributed by atoms with van der Waals surface area (Å²) < 4.78 is 0. The predicted molar refractivity (Wildman–Crippen MR) is 89.0 cm³/mol. The van der Waals surface area contributed by atoms with E-state index >= 15 is 0 Å². The van der Waals surface area contributed by atoms with Crippen molar-refractivity contribution in [3.63, 3.8) is 0 Å². The monoisotopic (exact) mass is 320 g/mol. The molecule has 0 fully saturated rings. The minimum atomic E-state index is -0.223. The summed E-state index contributed by atoms with van der Waals surface area (Å²) >= 11 is 0. The zero-order chi connectivity index (χ0) is 16.6. The Balaban J connectivity index is 1.53. The van der Waals surface area contributed by atoms with E-state index in [1.54, 1.807) is 24.8 Å². The number of aromatic nitrogens is 4. The average molecular weight is 320 g/mol. The molecule has 0 saturated carbocycles. The molecule has 0 aliphatic heterocycles. The third-order valence-electron chi connectivity index (χ3n) is 3.29. The molecular formula is C17H16N6O. The number of nitrogens with one attached hydrogen (secondary N) is 2. The first kappa shape index (κ1) is 15.5. The van der Waals surface area contributed by atoms with Crippen molar-refractivity contribution in [2.75, 3.05) is 5.32 Å². The number of nitrogens with zero attached hydrogens (tertiary/aromatic N) is 4. The van der Waals surface area contributed by atoms with Gasteiger partial charge in [0.2, 0.25) is 5.95 Å². The van der Waals surface area contributed by atoms with Crippen molar-refractivity contribution >= 4 is 11.9 Å². The van der Waals surface area contributed by atoms with Crippen LogP contribution in [-0.4, -0.2) is 25.8 Å². The van der Waals surface area contributed by atoms with E-state index in [0.717, 1.165) is 11.1 Å². The summed E-state index contributed by atoms with van der Waals surface area (Å²) in [6.45, 7) is 1.00. The summed E-state index contributed by atoms with van der Waals surface area (Å²) in [4.78, 5) is 28.4. The van der Waals surface area contributed by atoms with E-state index in [4.69, 9.17) is 0 Å². The summed E-state index contributed by atoms with van der Waals surface area (Å²) in [5.74, 6) is 0.246. The lowest BCUT2D eigenvalue weighted by molar-refractivity contribution is 0.0950. The maximum Gasteiger partial charge on any atom is 0.254 e. The van der Waals surface area contributed by atoms with Crippen LogP contribution in [0.15, 0.2) is 61.4 Å². The first-order chi connectivity index (χ1) is 11.8. The molecule has 0 aliphatic carbocycles. The molecule has 1 amide bonds. The predicted octanol–water partition coefficient (Wildman–Crippen LogP) is 1.81. The fraction of sp³-hybridized carbons (Fsp3) is 0.118. The van der Waals surface area contributed by atoms with Crippen molar-refractivity contribution in [3.8, 4) is 0 Å². The SMILES string of the molecule is O=C(NCc1cccnc1)c1cnc(NCc2ccncc2)nc1. The standard InChI is InChI=1S/C17H16N6O/c24-16(20-10-14-2-1-5-19-8-14)15-11-22-17(23-12-15)21-9-13-3-6-18-7-4-13/h1-8,11-12H,9-10H2,(H,20,24)(H,21,22,23). The molecule has 3 aromatic heterocycles. The number of rotatable bonds is 6. The van der Waals surface area contributed by atoms with Gasteiger partial charge in [0.15, 0.2) is 0 Å². The molecule has 0 radical (unpaired) electrons. The van der Waals surface area contributed by atoms with Gasteiger partial charge in [-0.25, -0.2) is 9.97 Å². The van der Waals surface area contributed by atoms with Crippen molar-refractivity contribution in [2.45, 2.75) is 13.1 Å². The minimum Gasteiger partial charge on any atom is -0.350 e. The number of carbonyl (C=O) groups is 1. The summed E-state index contributed by atoms with van der Waals surface area (Å²) in [5, 5.41) is 5.90. The Labute approximate surface area is 139 Å². The largest absolute Gasteiger partial charge is 0.350 e. The Kier molecular flexibility index (Phi) is 5.03. The highest BCUT2D eigenvalue weighted by Crippen LogP contribution is 2.04. The molecule has 7 heteroatoms. The van der Waals surface area contributed by atoms with E-state index in [0.29, 0.717) is 24.6 Å². The van der Waals surface area contributed by atoms with Gasteiger partial charge in [0.25, 0.3) is 5.91 Å². The highest BCUT2D eigenvalue weighted by Gasteiger charge is 2.07. The van der Waals surface area contributed by atoms with Crippen molar-refractivity contribution in [1.82, 2.24) is 25.3 Å². The van der Waals surface area contributed by atoms with Crippen molar-refractivity contribution < 1.29 is 4.79 Å². The smallest absolute Gasteiger partial charge is 0.254 e. The second-order valence-corrected chi connectivity index (χ2v) is 5.05. The van der Waals surface area contributed by atoms with Crippen LogP contribution in [0.3, 0.4) is 0 Å². The topological polar surface area (TPSA) is 92.7 Å². The Morgan fingerprint density at radius 1 is 0.875 bits per heavy atom. The molecule has 0 aromatic carbocycles. The fourth-order valence-electron chi connectivity index (χ4n) is 2.01. The number of amides is 1. The van der Waals surface area contributed by atoms with Gasteiger partial charge in [0, 0.05) is 50.3 Å². The fourth-order valence-corrected chi connectivity index (χ4v) is 2.01. The average Bonchev–Trinajstić information content (AvgIpc) is 2.66. The van der Waals surface area contributed by atoms with Crippen molar-refractivity contribution in [2.24, 2.45) is 0 Å². The van der Waals surface area contributed by atoms with Gasteiger partial charge >= 0.3 is 0 Å². The van der Waals surface area contributed by atoms with Crippen LogP contribution in [0.4, 0.5) is 5.95 Å². The van der Waals surface area contributed by atoms with E-state index in [9.17, 15) is 4.79 Å². The molecule has 0 spiro atoms. The van der Waals surface area contributed by atoms with E-state index in [1.165, 1.54) is 12.4 Å². The molecule has 24 heavy (non-hydrogen) atoms. The van der Waals surface area contributed by atoms with E-state index < -0.39 is 0 Å². The summed E-state index contributed by atoms with van der Waals surface area (Å²) in [6, 6.07) is 7.55. The number of carbonyl (C=O) groups excluding carboxylic acids is 1. The third kappa shape index (κ3) is 4.33. The number of pyridine rings is 2. The normalized spacial score (nSPS) is 10.2. The lowest BCUT2D eigenvalue weighted by atomic mass is 10.2. The molecule has 0 unspecified atom stereocenters. The number of anilines is 1. The minimum absolute atomic E-state index is 0.223. The molecular weight excluding hydrogens is 304 g/mol. The van der Waals surface area contributed by atoms with Gasteiger partial charge in [-0.3, -0.25) is 14.8 Å². The van der Waals surface area contributed by atoms with Gasteiger partial charge in [-0.05, 0) is 29.3 Å². The van der Waals surface area contributed by atoms with Gasteiger partial charge in [0.1, 0.15) is 0 Å². The van der Waals surface area contributed by atoms with Crippen molar-refractivity contribution in [1.29, 1.82) is 0 Å². The Hall–Kier alpha value is -3.35. The van der Waals surface area contributed by atoms with Crippen LogP contribution >= 0.6 is 0 Å². The Bertz CT molecular complexity index is 777. The summed E-state index contributed by atoms with van der Waals surface area (Å²) in [7, 11) is 0. The Morgan fingerprint density at radius 2 is 1.67 bits per heavy atom. The van der Waals surface area contributed by atoms with Crippen LogP contribution in [-0.2, 0) is 13.1 Å². The molecule has 0 saturated heterocycles. The van der Waals surface area contributed by atoms with Crippen LogP contribution in [0.25, 0.3) is 0 Å². The first-order valence-corrected chi connectivity index (χ1v) is 7.43. The molecule has 2 N–H and O–H groups in total. The van der Waals surface area contributed by atoms with E-state index in [1.807, 2.05) is 24.3 Å². The molecule has 0 aliphatic rings. The molecule has 3 aromatic rings. The van der Waals surface area contributed by atoms with Gasteiger partial charge < -0.3 is 10.6 Å². The molecule has 120 valence electrons. The van der Waals surface area contributed by atoms with Gasteiger partial charge in [-0.15, -0.1) is 0 Å². The number of hydrogen-bond donors (Lipinski definition) is 2. The zero-order valence-electron chi connectivity index (χ0n) is 12.9. The Morgan fingerprint density at radius 3 is 2.38 bits per heavy atom. The highest BCUT2D eigenvalue weighted by atomic mass is 16.1. The van der Waals surface area contributed by atoms with Gasteiger partial charge in [-0.1, -0.05) is 6.07 Å². The van der Waals surface area contributed by atoms with Gasteiger partial charge in [0.05, 0.1) is 5.56 Å². The maximum absolute atomic E-state index is 12.1. The first-order valence-electron chi connectivity index (χ1n) is 7.43. The van der Waals surface area contributed by atoms with Crippen LogP contribution < -0.4 is 10.6 Å². The quantitative estimate of drug-likeness (QED) is 0.719. The zero-order valence-corrected chi connectivity index (χ0v) is 12.9. The summed E-state index contributed by atoms with van der Waals surface area (Å²) in [6.07, 6.45) is 9.86. The molecule has 3 rings (SSSR count). The van der Waals surface area contributed by atoms with Gasteiger partial charge in [-0.2, -0.15) is 0 Å². The van der Waals surface area contributed by atoms with Crippen molar-refractivity contribution in [3.05, 3.63) is 78.1 Å². The van der Waals surface area contributed by atoms with Crippen LogP contribution in [0, 0.1) is 0 Å². The third-order valence-corrected chi connectivity index (χ3v) is 3.29. The molecule has 7 nitrogen and oxygen atoms in total. The van der Waals surface area contributed by atoms with Crippen LogP contribution in [0.2, 0.25) is 0 Å².